The molecule has 1 N–H and O–H groups in total. The molecule has 0 aliphatic carbocycles. The Kier molecular flexibility index (Phi) is 6.13. The summed E-state index contributed by atoms with van der Waals surface area (Å²) in [5.74, 6) is 0. The zero-order valence-corrected chi connectivity index (χ0v) is 14.2. The van der Waals surface area contributed by atoms with E-state index in [9.17, 15) is 8.76 Å². The van der Waals surface area contributed by atoms with Crippen LogP contribution < -0.4 is 51.4 Å². The van der Waals surface area contributed by atoms with E-state index in [1.165, 1.54) is 0 Å². The van der Waals surface area contributed by atoms with Gasteiger partial charge in [-0.05, 0) is 23.1 Å². The maximum absolute atomic E-state index is 11.2. The molecule has 1 unspecified atom stereocenters. The zero-order valence-electron chi connectivity index (χ0n) is 10.5. The first kappa shape index (κ1) is 16.2. The van der Waals surface area contributed by atoms with Crippen LogP contribution in [0.1, 0.15) is 27.8 Å². The third-order valence-electron chi connectivity index (χ3n) is 2.00. The molecule has 0 bridgehead atoms. The number of benzene rings is 1. The Labute approximate surface area is 140 Å². The Hall–Kier alpha value is 1.19. The third kappa shape index (κ3) is 4.91. The van der Waals surface area contributed by atoms with Gasteiger partial charge in [-0.15, -0.1) is 0 Å². The molecule has 0 saturated carbocycles. The van der Waals surface area contributed by atoms with Crippen LogP contribution in [-0.2, 0) is 25.4 Å². The number of hydrogen-bond acceptors (Lipinski definition) is 2. The van der Waals surface area contributed by atoms with Crippen molar-refractivity contribution in [3.63, 3.8) is 0 Å². The Balaban J connectivity index is 0. The SMILES string of the molecule is CC(C)(C)c1cccc(S(=O)(O)=S)c1.[H-].[K+]. The van der Waals surface area contributed by atoms with Crippen LogP contribution >= 0.6 is 0 Å². The molecule has 1 rings (SSSR count). The summed E-state index contributed by atoms with van der Waals surface area (Å²) in [6, 6.07) is 6.99. The van der Waals surface area contributed by atoms with Crippen LogP contribution in [0.4, 0.5) is 0 Å². The fourth-order valence-electron chi connectivity index (χ4n) is 1.12. The van der Waals surface area contributed by atoms with Crippen molar-refractivity contribution >= 4 is 20.0 Å². The summed E-state index contributed by atoms with van der Waals surface area (Å²) < 4.78 is 20.5. The van der Waals surface area contributed by atoms with Crippen LogP contribution in [-0.4, -0.2) is 8.76 Å². The van der Waals surface area contributed by atoms with Gasteiger partial charge in [0.25, 0.3) is 0 Å². The van der Waals surface area contributed by atoms with Gasteiger partial charge >= 0.3 is 51.4 Å². The largest absolute Gasteiger partial charge is 1.00 e. The average Bonchev–Trinajstić information content (AvgIpc) is 2.01. The molecule has 0 amide bonds. The zero-order chi connectivity index (χ0) is 11.0. The van der Waals surface area contributed by atoms with Crippen molar-refractivity contribution in [3.8, 4) is 0 Å². The minimum absolute atomic E-state index is 0. The predicted octanol–water partition coefficient (Wildman–Crippen LogP) is -0.321. The normalized spacial score (nSPS) is 15.2. The topological polar surface area (TPSA) is 37.3 Å². The second kappa shape index (κ2) is 5.69. The molecule has 5 heteroatoms. The number of hydrogen-bond donors (Lipinski definition) is 1. The van der Waals surface area contributed by atoms with E-state index in [1.807, 2.05) is 6.07 Å². The standard InChI is InChI=1S/C10H14O2S2.K.H/c1-10(2,3)8-5-4-6-9(7-8)14(11,12)13;;/h4-7H,1-3H3,(H,11,12,13);;/q;+1;-1. The summed E-state index contributed by atoms with van der Waals surface area (Å²) >= 11 is 4.52. The van der Waals surface area contributed by atoms with Crippen LogP contribution in [0.2, 0.25) is 0 Å². The first-order valence-electron chi connectivity index (χ1n) is 4.29. The smallest absolute Gasteiger partial charge is 1.00 e. The molecular weight excluding hydrogens is 255 g/mol. The molecule has 15 heavy (non-hydrogen) atoms. The maximum Gasteiger partial charge on any atom is 1.00 e. The quantitative estimate of drug-likeness (QED) is 0.711. The molecule has 0 heterocycles. The van der Waals surface area contributed by atoms with Crippen molar-refractivity contribution in [3.05, 3.63) is 29.8 Å². The average molecular weight is 270 g/mol. The molecule has 0 aliphatic heterocycles. The number of rotatable bonds is 1. The van der Waals surface area contributed by atoms with Crippen molar-refractivity contribution in [2.24, 2.45) is 0 Å². The summed E-state index contributed by atoms with van der Waals surface area (Å²) in [6.07, 6.45) is 0. The minimum Gasteiger partial charge on any atom is -1.00 e. The van der Waals surface area contributed by atoms with E-state index in [0.717, 1.165) is 5.56 Å². The Morgan fingerprint density at radius 2 is 1.93 bits per heavy atom. The first-order valence-corrected chi connectivity index (χ1v) is 6.73. The van der Waals surface area contributed by atoms with Gasteiger partial charge < -0.3 is 5.98 Å². The third-order valence-corrected chi connectivity index (χ3v) is 3.42. The molecule has 0 saturated heterocycles. The van der Waals surface area contributed by atoms with Gasteiger partial charge in [0.1, 0.15) is 0 Å². The van der Waals surface area contributed by atoms with Gasteiger partial charge in [-0.25, -0.2) is 4.21 Å². The Morgan fingerprint density at radius 3 is 2.33 bits per heavy atom. The van der Waals surface area contributed by atoms with Crippen LogP contribution in [0.5, 0.6) is 0 Å². The van der Waals surface area contributed by atoms with Crippen LogP contribution in [0.3, 0.4) is 0 Å². The van der Waals surface area contributed by atoms with Gasteiger partial charge in [0, 0.05) is 11.2 Å². The molecule has 0 radical (unpaired) electrons. The van der Waals surface area contributed by atoms with Gasteiger partial charge in [0.05, 0.1) is 4.90 Å². The van der Waals surface area contributed by atoms with Crippen molar-refractivity contribution in [1.82, 2.24) is 0 Å². The molecule has 0 aromatic heterocycles. The van der Waals surface area contributed by atoms with Crippen molar-refractivity contribution in [1.29, 1.82) is 0 Å². The molecule has 1 aromatic rings. The minimum atomic E-state index is -3.25. The molecule has 0 fully saturated rings. The van der Waals surface area contributed by atoms with E-state index < -0.39 is 8.77 Å². The summed E-state index contributed by atoms with van der Waals surface area (Å²) in [7, 11) is -3.25. The van der Waals surface area contributed by atoms with Gasteiger partial charge in [-0.3, -0.25) is 0 Å². The van der Waals surface area contributed by atoms with E-state index in [-0.39, 0.29) is 58.2 Å². The van der Waals surface area contributed by atoms with Crippen molar-refractivity contribution in [2.45, 2.75) is 31.1 Å². The molecule has 1 atom stereocenters. The monoisotopic (exact) mass is 270 g/mol. The molecular formula is C10H15KO2S2. The van der Waals surface area contributed by atoms with Crippen molar-refractivity contribution in [2.75, 3.05) is 0 Å². The molecule has 1 aromatic carbocycles. The van der Waals surface area contributed by atoms with Gasteiger partial charge in [0.15, 0.2) is 8.77 Å². The Morgan fingerprint density at radius 1 is 1.40 bits per heavy atom. The summed E-state index contributed by atoms with van der Waals surface area (Å²) in [6.45, 7) is 6.15. The second-order valence-electron chi connectivity index (χ2n) is 4.25. The molecule has 80 valence electrons. The molecule has 2 nitrogen and oxygen atoms in total. The fourth-order valence-corrected chi connectivity index (χ4v) is 1.96. The van der Waals surface area contributed by atoms with E-state index in [4.69, 9.17) is 0 Å². The predicted molar refractivity (Wildman–Crippen MR) is 62.7 cm³/mol. The van der Waals surface area contributed by atoms with E-state index >= 15 is 0 Å². The second-order valence-corrected chi connectivity index (χ2v) is 7.03. The van der Waals surface area contributed by atoms with E-state index in [2.05, 4.69) is 32.0 Å². The summed E-state index contributed by atoms with van der Waals surface area (Å²) in [5, 5.41) is 0. The summed E-state index contributed by atoms with van der Waals surface area (Å²) in [4.78, 5) is 0.319. The summed E-state index contributed by atoms with van der Waals surface area (Å²) in [5.41, 5.74) is 0.984. The molecule has 0 spiro atoms. The van der Waals surface area contributed by atoms with Crippen LogP contribution in [0, 0.1) is 0 Å². The van der Waals surface area contributed by atoms with E-state index in [1.54, 1.807) is 18.2 Å². The molecule has 0 aliphatic rings. The van der Waals surface area contributed by atoms with Gasteiger partial charge in [-0.1, -0.05) is 32.9 Å². The van der Waals surface area contributed by atoms with Crippen molar-refractivity contribution < 1.29 is 61.6 Å². The maximum atomic E-state index is 11.2. The van der Waals surface area contributed by atoms with E-state index in [0.29, 0.717) is 4.90 Å². The first-order chi connectivity index (χ1) is 6.21. The van der Waals surface area contributed by atoms with Crippen LogP contribution in [0.15, 0.2) is 29.2 Å². The van der Waals surface area contributed by atoms with Gasteiger partial charge in [0.2, 0.25) is 0 Å². The fraction of sp³-hybridized carbons (Fsp3) is 0.400. The Bertz CT molecular complexity index is 438. The van der Waals surface area contributed by atoms with Gasteiger partial charge in [-0.2, -0.15) is 0 Å². The van der Waals surface area contributed by atoms with Crippen LogP contribution in [0.25, 0.3) is 0 Å².